The molecular formula is C19H19FN2O2. The van der Waals surface area contributed by atoms with Crippen molar-refractivity contribution in [2.75, 3.05) is 12.4 Å². The van der Waals surface area contributed by atoms with Gasteiger partial charge in [0.1, 0.15) is 5.82 Å². The zero-order valence-corrected chi connectivity index (χ0v) is 13.5. The summed E-state index contributed by atoms with van der Waals surface area (Å²) in [6.45, 7) is 3.61. The third kappa shape index (κ3) is 4.78. The van der Waals surface area contributed by atoms with Crippen LogP contribution in [-0.4, -0.2) is 23.8 Å². The van der Waals surface area contributed by atoms with Crippen LogP contribution in [-0.2, 0) is 22.6 Å². The Morgan fingerprint density at radius 3 is 2.46 bits per heavy atom. The Balaban J connectivity index is 1.95. The first-order valence-corrected chi connectivity index (χ1v) is 7.49. The van der Waals surface area contributed by atoms with E-state index < -0.39 is 0 Å². The number of hydrogen-bond donors (Lipinski definition) is 1. The molecule has 0 radical (unpaired) electrons. The average Bonchev–Trinajstić information content (AvgIpc) is 2.58. The predicted molar refractivity (Wildman–Crippen MR) is 91.8 cm³/mol. The second kappa shape index (κ2) is 8.06. The predicted octanol–water partition coefficient (Wildman–Crippen LogP) is 3.15. The van der Waals surface area contributed by atoms with E-state index in [1.165, 1.54) is 17.0 Å². The number of benzene rings is 2. The average molecular weight is 326 g/mol. The summed E-state index contributed by atoms with van der Waals surface area (Å²) >= 11 is 0. The van der Waals surface area contributed by atoms with Crippen LogP contribution in [0.4, 0.5) is 10.1 Å². The van der Waals surface area contributed by atoms with E-state index in [1.54, 1.807) is 49.5 Å². The largest absolute Gasteiger partial charge is 0.341 e. The normalized spacial score (nSPS) is 10.1. The van der Waals surface area contributed by atoms with Crippen molar-refractivity contribution in [3.8, 4) is 0 Å². The lowest BCUT2D eigenvalue weighted by molar-refractivity contribution is -0.129. The third-order valence-electron chi connectivity index (χ3n) is 3.55. The maximum atomic E-state index is 13.6. The molecule has 2 rings (SSSR count). The van der Waals surface area contributed by atoms with Crippen LogP contribution in [0.5, 0.6) is 0 Å². The molecule has 5 heteroatoms. The number of amides is 2. The standard InChI is InChI=1S/C19H19FN2O2/c1-3-18(23)21-16-10-8-14(9-11-16)12-19(24)22(2)13-15-6-4-5-7-17(15)20/h3-11H,1,12-13H2,2H3,(H,21,23). The fourth-order valence-corrected chi connectivity index (χ4v) is 2.18. The molecule has 0 spiro atoms. The molecule has 0 saturated heterocycles. The van der Waals surface area contributed by atoms with Gasteiger partial charge in [-0.3, -0.25) is 9.59 Å². The molecule has 0 unspecified atom stereocenters. The maximum absolute atomic E-state index is 13.6. The van der Waals surface area contributed by atoms with Crippen LogP contribution in [0.25, 0.3) is 0 Å². The minimum absolute atomic E-state index is 0.110. The Labute approximate surface area is 140 Å². The van der Waals surface area contributed by atoms with Crippen molar-refractivity contribution in [1.29, 1.82) is 0 Å². The highest BCUT2D eigenvalue weighted by Crippen LogP contribution is 2.13. The lowest BCUT2D eigenvalue weighted by Gasteiger charge is -2.18. The van der Waals surface area contributed by atoms with Crippen molar-refractivity contribution in [1.82, 2.24) is 4.90 Å². The topological polar surface area (TPSA) is 49.4 Å². The highest BCUT2D eigenvalue weighted by atomic mass is 19.1. The molecule has 124 valence electrons. The molecule has 24 heavy (non-hydrogen) atoms. The first-order valence-electron chi connectivity index (χ1n) is 7.49. The van der Waals surface area contributed by atoms with Gasteiger partial charge in [0.05, 0.1) is 6.42 Å². The van der Waals surface area contributed by atoms with Gasteiger partial charge in [0.2, 0.25) is 11.8 Å². The number of halogens is 1. The van der Waals surface area contributed by atoms with Gasteiger partial charge in [-0.25, -0.2) is 4.39 Å². The minimum atomic E-state index is -0.320. The van der Waals surface area contributed by atoms with E-state index in [1.807, 2.05) is 0 Å². The van der Waals surface area contributed by atoms with E-state index in [4.69, 9.17) is 0 Å². The van der Waals surface area contributed by atoms with E-state index in [9.17, 15) is 14.0 Å². The number of hydrogen-bond acceptors (Lipinski definition) is 2. The van der Waals surface area contributed by atoms with Gasteiger partial charge in [0, 0.05) is 24.8 Å². The van der Waals surface area contributed by atoms with Crippen LogP contribution in [0.3, 0.4) is 0 Å². The van der Waals surface area contributed by atoms with Crippen LogP contribution >= 0.6 is 0 Å². The second-order valence-electron chi connectivity index (χ2n) is 5.41. The number of nitrogens with zero attached hydrogens (tertiary/aromatic N) is 1. The van der Waals surface area contributed by atoms with E-state index in [0.717, 1.165) is 5.56 Å². The molecule has 4 nitrogen and oxygen atoms in total. The summed E-state index contributed by atoms with van der Waals surface area (Å²) in [6.07, 6.45) is 1.40. The number of carbonyl (C=O) groups is 2. The van der Waals surface area contributed by atoms with Gasteiger partial charge < -0.3 is 10.2 Å². The summed E-state index contributed by atoms with van der Waals surface area (Å²) in [5, 5.41) is 2.64. The molecule has 1 N–H and O–H groups in total. The first-order chi connectivity index (χ1) is 11.5. The SMILES string of the molecule is C=CC(=O)Nc1ccc(CC(=O)N(C)Cc2ccccc2F)cc1. The molecule has 0 aliphatic rings. The molecule has 0 bridgehead atoms. The fourth-order valence-electron chi connectivity index (χ4n) is 2.18. The van der Waals surface area contributed by atoms with Crippen LogP contribution in [0.2, 0.25) is 0 Å². The quantitative estimate of drug-likeness (QED) is 0.829. The van der Waals surface area contributed by atoms with Crippen LogP contribution in [0.15, 0.2) is 61.2 Å². The van der Waals surface area contributed by atoms with Gasteiger partial charge in [-0.05, 0) is 29.8 Å². The van der Waals surface area contributed by atoms with Crippen molar-refractivity contribution < 1.29 is 14.0 Å². The molecule has 0 aliphatic heterocycles. The monoisotopic (exact) mass is 326 g/mol. The third-order valence-corrected chi connectivity index (χ3v) is 3.55. The Hall–Kier alpha value is -2.95. The van der Waals surface area contributed by atoms with Crippen molar-refractivity contribution in [2.45, 2.75) is 13.0 Å². The molecule has 0 atom stereocenters. The van der Waals surface area contributed by atoms with Crippen LogP contribution in [0.1, 0.15) is 11.1 Å². The minimum Gasteiger partial charge on any atom is -0.341 e. The molecule has 0 heterocycles. The van der Waals surface area contributed by atoms with E-state index >= 15 is 0 Å². The van der Waals surface area contributed by atoms with Gasteiger partial charge in [0.25, 0.3) is 0 Å². The summed E-state index contributed by atoms with van der Waals surface area (Å²) in [7, 11) is 1.65. The van der Waals surface area contributed by atoms with Crippen molar-refractivity contribution in [3.63, 3.8) is 0 Å². The number of likely N-dealkylation sites (N-methyl/N-ethyl adjacent to an activating group) is 1. The van der Waals surface area contributed by atoms with Crippen LogP contribution in [0, 0.1) is 5.82 Å². The molecule has 0 aliphatic carbocycles. The lowest BCUT2D eigenvalue weighted by Crippen LogP contribution is -2.28. The van der Waals surface area contributed by atoms with Crippen LogP contribution < -0.4 is 5.32 Å². The number of rotatable bonds is 6. The summed E-state index contributed by atoms with van der Waals surface area (Å²) in [4.78, 5) is 25.0. The van der Waals surface area contributed by atoms with Gasteiger partial charge in [-0.1, -0.05) is 36.9 Å². The Morgan fingerprint density at radius 2 is 1.83 bits per heavy atom. The smallest absolute Gasteiger partial charge is 0.247 e. The summed E-state index contributed by atoms with van der Waals surface area (Å²) in [5.74, 6) is -0.718. The number of nitrogens with one attached hydrogen (secondary N) is 1. The summed E-state index contributed by atoms with van der Waals surface area (Å²) in [6, 6.07) is 13.4. The molecular weight excluding hydrogens is 307 g/mol. The molecule has 0 fully saturated rings. The second-order valence-corrected chi connectivity index (χ2v) is 5.41. The zero-order chi connectivity index (χ0) is 17.5. The Kier molecular flexibility index (Phi) is 5.84. The van der Waals surface area contributed by atoms with E-state index in [-0.39, 0.29) is 30.6 Å². The zero-order valence-electron chi connectivity index (χ0n) is 13.5. The van der Waals surface area contributed by atoms with E-state index in [2.05, 4.69) is 11.9 Å². The first kappa shape index (κ1) is 17.4. The summed E-state index contributed by atoms with van der Waals surface area (Å²) < 4.78 is 13.6. The Morgan fingerprint density at radius 1 is 1.17 bits per heavy atom. The van der Waals surface area contributed by atoms with Crippen molar-refractivity contribution >= 4 is 17.5 Å². The van der Waals surface area contributed by atoms with Crippen molar-refractivity contribution in [2.24, 2.45) is 0 Å². The molecule has 0 saturated carbocycles. The van der Waals surface area contributed by atoms with Gasteiger partial charge in [0.15, 0.2) is 0 Å². The molecule has 2 amide bonds. The van der Waals surface area contributed by atoms with E-state index in [0.29, 0.717) is 11.3 Å². The maximum Gasteiger partial charge on any atom is 0.247 e. The fraction of sp³-hybridized carbons (Fsp3) is 0.158. The highest BCUT2D eigenvalue weighted by Gasteiger charge is 2.12. The van der Waals surface area contributed by atoms with Gasteiger partial charge in [-0.2, -0.15) is 0 Å². The lowest BCUT2D eigenvalue weighted by atomic mass is 10.1. The molecule has 0 aromatic heterocycles. The van der Waals surface area contributed by atoms with Crippen molar-refractivity contribution in [3.05, 3.63) is 78.1 Å². The summed E-state index contributed by atoms with van der Waals surface area (Å²) in [5.41, 5.74) is 1.93. The highest BCUT2D eigenvalue weighted by molar-refractivity contribution is 5.98. The molecule has 2 aromatic rings. The van der Waals surface area contributed by atoms with Gasteiger partial charge in [-0.15, -0.1) is 0 Å². The number of carbonyl (C=O) groups excluding carboxylic acids is 2. The van der Waals surface area contributed by atoms with Gasteiger partial charge >= 0.3 is 0 Å². The Bertz CT molecular complexity index is 741. The molecule has 2 aromatic carbocycles. The number of anilines is 1.